The summed E-state index contributed by atoms with van der Waals surface area (Å²) < 4.78 is 38.7. The summed E-state index contributed by atoms with van der Waals surface area (Å²) in [6, 6.07) is 5.74. The molecule has 0 aliphatic carbocycles. The summed E-state index contributed by atoms with van der Waals surface area (Å²) in [5.41, 5.74) is 0.244. The second-order valence-electron chi connectivity index (χ2n) is 9.08. The van der Waals surface area contributed by atoms with Gasteiger partial charge in [-0.2, -0.15) is 0 Å². The van der Waals surface area contributed by atoms with Crippen molar-refractivity contribution in [3.8, 4) is 0 Å². The van der Waals surface area contributed by atoms with Crippen LogP contribution < -0.4 is 0 Å². The van der Waals surface area contributed by atoms with E-state index in [0.717, 1.165) is 76.0 Å². The number of ether oxygens (including phenoxy) is 1. The van der Waals surface area contributed by atoms with Crippen LogP contribution in [0.1, 0.15) is 89.4 Å². The number of carbonyl (C=O) groups is 1. The first-order valence-corrected chi connectivity index (χ1v) is 16.9. The number of aliphatic hydroxyl groups excluding tert-OH is 1. The van der Waals surface area contributed by atoms with Crippen molar-refractivity contribution in [2.24, 2.45) is 0 Å². The quantitative estimate of drug-likeness (QED) is 0.189. The molecule has 0 aromatic heterocycles. The summed E-state index contributed by atoms with van der Waals surface area (Å²) >= 11 is 0. The average Bonchev–Trinajstić information content (AvgIpc) is 2.82. The minimum absolute atomic E-state index is 0.0798. The third-order valence-corrected chi connectivity index (χ3v) is 15.4. The molecular formula is C25H45O6PS. The van der Waals surface area contributed by atoms with Crippen molar-refractivity contribution in [1.29, 1.82) is 0 Å². The van der Waals surface area contributed by atoms with Gasteiger partial charge in [0, 0.05) is 0 Å². The Balaban J connectivity index is 3.40. The first-order valence-electron chi connectivity index (χ1n) is 12.6. The van der Waals surface area contributed by atoms with Crippen LogP contribution in [-0.4, -0.2) is 57.4 Å². The second kappa shape index (κ2) is 14.4. The molecule has 0 radical (unpaired) electrons. The molecule has 0 fully saturated rings. The molecule has 1 rings (SSSR count). The fourth-order valence-corrected chi connectivity index (χ4v) is 14.4. The Labute approximate surface area is 201 Å². The number of rotatable bonds is 18. The van der Waals surface area contributed by atoms with Gasteiger partial charge in [-0.15, -0.1) is 0 Å². The Kier molecular flexibility index (Phi) is 13.1. The van der Waals surface area contributed by atoms with E-state index >= 15 is 0 Å². The van der Waals surface area contributed by atoms with Gasteiger partial charge in [-0.05, 0) is 0 Å². The zero-order chi connectivity index (χ0) is 24.8. The average molecular weight is 505 g/mol. The summed E-state index contributed by atoms with van der Waals surface area (Å²) in [4.78, 5) is 12.1. The number of benzene rings is 1. The fraction of sp³-hybridized carbons (Fsp3) is 0.720. The predicted molar refractivity (Wildman–Crippen MR) is 138 cm³/mol. The molecule has 1 N–H and O–H groups in total. The summed E-state index contributed by atoms with van der Waals surface area (Å²) in [7, 11) is -3.99. The zero-order valence-electron chi connectivity index (χ0n) is 21.1. The molecule has 8 heteroatoms. The van der Waals surface area contributed by atoms with E-state index in [2.05, 4.69) is 27.7 Å². The van der Waals surface area contributed by atoms with Crippen molar-refractivity contribution in [3.05, 3.63) is 29.8 Å². The van der Waals surface area contributed by atoms with E-state index in [-0.39, 0.29) is 23.7 Å². The van der Waals surface area contributed by atoms with Gasteiger partial charge in [0.2, 0.25) is 0 Å². The SMILES string of the molecule is CCCCP(CCCC)(CCCC)(CCCC)OS(=O)(=O)c1ccc(C(=O)OCCO)cc1. The van der Waals surface area contributed by atoms with Gasteiger partial charge in [0.1, 0.15) is 0 Å². The molecular weight excluding hydrogens is 459 g/mol. The van der Waals surface area contributed by atoms with E-state index in [1.807, 2.05) is 0 Å². The van der Waals surface area contributed by atoms with Crippen molar-refractivity contribution in [1.82, 2.24) is 0 Å². The Hall–Kier alpha value is -1.01. The number of aliphatic hydroxyl groups is 1. The van der Waals surface area contributed by atoms with Gasteiger partial charge in [0.15, 0.2) is 0 Å². The molecule has 1 aromatic rings. The number of unbranched alkanes of at least 4 members (excludes halogenated alkanes) is 4. The summed E-state index contributed by atoms with van der Waals surface area (Å²) in [5, 5.41) is 8.82. The summed E-state index contributed by atoms with van der Waals surface area (Å²) in [6.07, 6.45) is 11.3. The van der Waals surface area contributed by atoms with Gasteiger partial charge >= 0.3 is 202 Å². The molecule has 0 spiro atoms. The Bertz CT molecular complexity index is 763. The molecule has 0 atom stereocenters. The molecule has 6 nitrogen and oxygen atoms in total. The second-order valence-corrected chi connectivity index (χ2v) is 16.6. The van der Waals surface area contributed by atoms with E-state index in [0.29, 0.717) is 0 Å². The van der Waals surface area contributed by atoms with E-state index in [1.165, 1.54) is 24.3 Å². The first kappa shape index (κ1) is 30.0. The van der Waals surface area contributed by atoms with Crippen LogP contribution in [0.5, 0.6) is 0 Å². The topological polar surface area (TPSA) is 89.9 Å². The Morgan fingerprint density at radius 2 is 1.24 bits per heavy atom. The number of hydrogen-bond donors (Lipinski definition) is 1. The zero-order valence-corrected chi connectivity index (χ0v) is 22.8. The monoisotopic (exact) mass is 504 g/mol. The molecule has 0 saturated heterocycles. The van der Waals surface area contributed by atoms with E-state index in [9.17, 15) is 13.2 Å². The Morgan fingerprint density at radius 3 is 1.61 bits per heavy atom. The van der Waals surface area contributed by atoms with Crippen molar-refractivity contribution >= 4 is 22.9 Å². The normalized spacial score (nSPS) is 13.4. The van der Waals surface area contributed by atoms with Crippen LogP contribution in [0.3, 0.4) is 0 Å². The van der Waals surface area contributed by atoms with Crippen LogP contribution in [0.2, 0.25) is 0 Å². The molecule has 0 heterocycles. The van der Waals surface area contributed by atoms with Gasteiger partial charge in [-0.25, -0.2) is 0 Å². The molecule has 192 valence electrons. The molecule has 0 bridgehead atoms. The summed E-state index contributed by atoms with van der Waals surface area (Å²) in [6.45, 7) is 5.22. The molecule has 0 amide bonds. The predicted octanol–water partition coefficient (Wildman–Crippen LogP) is 6.21. The van der Waals surface area contributed by atoms with Gasteiger partial charge in [0.05, 0.1) is 0 Å². The van der Waals surface area contributed by atoms with E-state index in [1.54, 1.807) is 0 Å². The molecule has 33 heavy (non-hydrogen) atoms. The molecule has 0 aliphatic heterocycles. The van der Waals surface area contributed by atoms with Gasteiger partial charge in [0.25, 0.3) is 0 Å². The van der Waals surface area contributed by atoms with E-state index < -0.39 is 22.9 Å². The van der Waals surface area contributed by atoms with Crippen LogP contribution in [0.25, 0.3) is 0 Å². The number of esters is 1. The van der Waals surface area contributed by atoms with Gasteiger partial charge < -0.3 is 0 Å². The van der Waals surface area contributed by atoms with Crippen LogP contribution >= 0.6 is 6.83 Å². The maximum absolute atomic E-state index is 13.6. The van der Waals surface area contributed by atoms with Crippen molar-refractivity contribution < 1.29 is 27.0 Å². The molecule has 0 aliphatic rings. The summed E-state index contributed by atoms with van der Waals surface area (Å²) in [5.74, 6) is -0.592. The van der Waals surface area contributed by atoms with Crippen molar-refractivity contribution in [3.63, 3.8) is 0 Å². The first-order chi connectivity index (χ1) is 15.7. The number of carbonyl (C=O) groups excluding carboxylic acids is 1. The van der Waals surface area contributed by atoms with Crippen molar-refractivity contribution in [2.75, 3.05) is 37.9 Å². The molecule has 0 unspecified atom stereocenters. The maximum atomic E-state index is 13.6. The molecule has 0 saturated carbocycles. The number of hydrogen-bond acceptors (Lipinski definition) is 6. The third kappa shape index (κ3) is 8.93. The van der Waals surface area contributed by atoms with Crippen molar-refractivity contribution in [2.45, 2.75) is 84.0 Å². The Morgan fingerprint density at radius 1 is 0.818 bits per heavy atom. The van der Waals surface area contributed by atoms with Crippen LogP contribution in [0, 0.1) is 0 Å². The van der Waals surface area contributed by atoms with Crippen LogP contribution in [-0.2, 0) is 18.8 Å². The fourth-order valence-electron chi connectivity index (χ4n) is 4.35. The van der Waals surface area contributed by atoms with Gasteiger partial charge in [-0.3, -0.25) is 0 Å². The van der Waals surface area contributed by atoms with Crippen LogP contribution in [0.4, 0.5) is 0 Å². The van der Waals surface area contributed by atoms with Crippen LogP contribution in [0.15, 0.2) is 29.2 Å². The molecule has 1 aromatic carbocycles. The third-order valence-electron chi connectivity index (χ3n) is 6.32. The minimum atomic E-state index is -3.99. The standard InChI is InChI=1S/C25H45O6PS/c1-5-9-19-32(20-10-6-2,21-11-7-3,22-12-8-4)31-33(28,29)24-15-13-23(14-16-24)25(27)30-18-17-26/h13-16,26H,5-12,17-22H2,1-4H3. The van der Waals surface area contributed by atoms with Gasteiger partial charge in [-0.1, -0.05) is 0 Å². The van der Waals surface area contributed by atoms with E-state index in [4.69, 9.17) is 13.8 Å².